The fourth-order valence-electron chi connectivity index (χ4n) is 4.40. The van der Waals surface area contributed by atoms with E-state index in [0.29, 0.717) is 30.5 Å². The first kappa shape index (κ1) is 30.8. The van der Waals surface area contributed by atoms with Gasteiger partial charge in [0.1, 0.15) is 11.5 Å². The van der Waals surface area contributed by atoms with E-state index in [9.17, 15) is 52.4 Å². The highest BCUT2D eigenvalue weighted by Gasteiger charge is 2.45. The van der Waals surface area contributed by atoms with Crippen LogP contribution in [0.15, 0.2) is 40.3 Å². The van der Waals surface area contributed by atoms with Crippen molar-refractivity contribution >= 4 is 25.6 Å². The minimum atomic E-state index is -4.99. The molecule has 1 saturated heterocycles. The normalized spacial score (nSPS) is 16.4. The Morgan fingerprint density at radius 2 is 1.49 bits per heavy atom. The standard InChI is InChI=1S/C23H23F7N2O5S2/c1-21(2,39(36,37)16-11-14(22(25,26)27)10-15(24)12-16)13-6-8-32(9-7-13)20(33)17-4-5-18(23(28,29)30)31-19(17)38(3,34)35/h4-5,10-13H,6-9H2,1-3H3. The Hall–Kier alpha value is -2.75. The molecule has 0 radical (unpaired) electrons. The molecule has 1 aliphatic heterocycles. The third kappa shape index (κ3) is 6.21. The number of rotatable bonds is 5. The van der Waals surface area contributed by atoms with E-state index >= 15 is 0 Å². The van der Waals surface area contributed by atoms with E-state index in [4.69, 9.17) is 0 Å². The zero-order chi connectivity index (χ0) is 29.8. The van der Waals surface area contributed by atoms with Gasteiger partial charge in [0.25, 0.3) is 5.91 Å². The molecule has 1 amide bonds. The number of carbonyl (C=O) groups excluding carboxylic acids is 1. The number of halogens is 7. The zero-order valence-corrected chi connectivity index (χ0v) is 22.3. The number of pyridine rings is 1. The maximum Gasteiger partial charge on any atom is 0.433 e. The molecule has 1 fully saturated rings. The van der Waals surface area contributed by atoms with E-state index in [1.807, 2.05) is 0 Å². The number of aromatic nitrogens is 1. The second-order valence-electron chi connectivity index (χ2n) is 9.67. The lowest BCUT2D eigenvalue weighted by molar-refractivity contribution is -0.141. The number of nitrogens with zero attached hydrogens (tertiary/aromatic N) is 2. The zero-order valence-electron chi connectivity index (χ0n) is 20.7. The molecule has 2 aromatic rings. The van der Waals surface area contributed by atoms with Gasteiger partial charge in [0.05, 0.1) is 20.8 Å². The van der Waals surface area contributed by atoms with Crippen molar-refractivity contribution in [3.05, 3.63) is 53.0 Å². The summed E-state index contributed by atoms with van der Waals surface area (Å²) in [6.07, 6.45) is -9.34. The molecule has 0 N–H and O–H groups in total. The minimum absolute atomic E-state index is 0.00167. The summed E-state index contributed by atoms with van der Waals surface area (Å²) < 4.78 is 142. The molecule has 7 nitrogen and oxygen atoms in total. The molecule has 0 unspecified atom stereocenters. The van der Waals surface area contributed by atoms with Gasteiger partial charge in [-0.25, -0.2) is 26.2 Å². The van der Waals surface area contributed by atoms with Crippen molar-refractivity contribution in [1.82, 2.24) is 9.88 Å². The van der Waals surface area contributed by atoms with E-state index < -0.39 is 81.2 Å². The van der Waals surface area contributed by atoms with Crippen LogP contribution in [0.5, 0.6) is 0 Å². The van der Waals surface area contributed by atoms with E-state index in [1.165, 1.54) is 13.8 Å². The van der Waals surface area contributed by atoms with Gasteiger partial charge in [-0.3, -0.25) is 4.79 Å². The summed E-state index contributed by atoms with van der Waals surface area (Å²) in [6, 6.07) is 2.20. The lowest BCUT2D eigenvalue weighted by Gasteiger charge is -2.40. The number of likely N-dealkylation sites (tertiary alicyclic amines) is 1. The van der Waals surface area contributed by atoms with Gasteiger partial charge in [-0.05, 0) is 62.9 Å². The van der Waals surface area contributed by atoms with Gasteiger partial charge < -0.3 is 4.90 Å². The fourth-order valence-corrected chi connectivity index (χ4v) is 7.05. The summed E-state index contributed by atoms with van der Waals surface area (Å²) >= 11 is 0. The van der Waals surface area contributed by atoms with Crippen LogP contribution in [0.3, 0.4) is 0 Å². The predicted molar refractivity (Wildman–Crippen MR) is 124 cm³/mol. The Balaban J connectivity index is 1.86. The van der Waals surface area contributed by atoms with Gasteiger partial charge in [0.15, 0.2) is 24.7 Å². The number of hydrogen-bond acceptors (Lipinski definition) is 6. The third-order valence-corrected chi connectivity index (χ3v) is 10.3. The second kappa shape index (κ2) is 10.0. The molecule has 0 aliphatic carbocycles. The molecule has 16 heteroatoms. The molecule has 39 heavy (non-hydrogen) atoms. The SMILES string of the molecule is CC(C)(C1CCN(C(=O)c2ccc(C(F)(F)F)nc2S(C)(=O)=O)CC1)S(=O)(=O)c1cc(F)cc(C(F)(F)F)c1. The molecule has 216 valence electrons. The highest BCUT2D eigenvalue weighted by molar-refractivity contribution is 7.92. The first-order valence-electron chi connectivity index (χ1n) is 11.3. The van der Waals surface area contributed by atoms with Crippen LogP contribution in [0.1, 0.15) is 48.3 Å². The van der Waals surface area contributed by atoms with E-state index in [-0.39, 0.29) is 32.0 Å². The molecule has 1 aromatic heterocycles. The number of piperidine rings is 1. The Morgan fingerprint density at radius 3 is 1.97 bits per heavy atom. The van der Waals surface area contributed by atoms with Crippen LogP contribution in [0.25, 0.3) is 0 Å². The molecule has 1 aromatic carbocycles. The van der Waals surface area contributed by atoms with Crippen molar-refractivity contribution in [1.29, 1.82) is 0 Å². The highest BCUT2D eigenvalue weighted by atomic mass is 32.2. The predicted octanol–water partition coefficient (Wildman–Crippen LogP) is 4.77. The summed E-state index contributed by atoms with van der Waals surface area (Å²) in [5, 5.41) is -1.06. The molecular weight excluding hydrogens is 581 g/mol. The Labute approximate surface area is 219 Å². The van der Waals surface area contributed by atoms with E-state index in [2.05, 4.69) is 4.98 Å². The first-order chi connectivity index (χ1) is 17.6. The molecule has 2 heterocycles. The number of alkyl halides is 6. The molecule has 0 saturated carbocycles. The summed E-state index contributed by atoms with van der Waals surface area (Å²) in [7, 11) is -8.87. The van der Waals surface area contributed by atoms with Crippen LogP contribution in [0.4, 0.5) is 30.7 Å². The van der Waals surface area contributed by atoms with Crippen molar-refractivity contribution in [2.75, 3.05) is 19.3 Å². The molecule has 3 rings (SSSR count). The molecule has 0 spiro atoms. The van der Waals surface area contributed by atoms with Crippen LogP contribution < -0.4 is 0 Å². The van der Waals surface area contributed by atoms with Crippen molar-refractivity contribution in [3.63, 3.8) is 0 Å². The number of sulfone groups is 2. The van der Waals surface area contributed by atoms with Gasteiger partial charge in [0, 0.05) is 19.3 Å². The van der Waals surface area contributed by atoms with Gasteiger partial charge in [-0.2, -0.15) is 26.3 Å². The van der Waals surface area contributed by atoms with Crippen LogP contribution >= 0.6 is 0 Å². The van der Waals surface area contributed by atoms with E-state index in [0.717, 1.165) is 4.90 Å². The minimum Gasteiger partial charge on any atom is -0.339 e. The number of hydrogen-bond donors (Lipinski definition) is 0. The largest absolute Gasteiger partial charge is 0.433 e. The van der Waals surface area contributed by atoms with Crippen molar-refractivity contribution in [2.45, 2.75) is 53.7 Å². The van der Waals surface area contributed by atoms with Crippen molar-refractivity contribution in [3.8, 4) is 0 Å². The topological polar surface area (TPSA) is 101 Å². The third-order valence-electron chi connectivity index (χ3n) is 6.70. The number of benzene rings is 1. The summed E-state index contributed by atoms with van der Waals surface area (Å²) in [4.78, 5) is 16.5. The quantitative estimate of drug-likeness (QED) is 0.456. The van der Waals surface area contributed by atoms with Gasteiger partial charge >= 0.3 is 12.4 Å². The van der Waals surface area contributed by atoms with Crippen LogP contribution in [0, 0.1) is 11.7 Å². The van der Waals surface area contributed by atoms with Gasteiger partial charge in [-0.1, -0.05) is 0 Å². The Kier molecular flexibility index (Phi) is 7.91. The monoisotopic (exact) mass is 604 g/mol. The van der Waals surface area contributed by atoms with Crippen LogP contribution in [-0.4, -0.2) is 56.7 Å². The average molecular weight is 605 g/mol. The molecular formula is C23H23F7N2O5S2. The van der Waals surface area contributed by atoms with Crippen LogP contribution in [0.2, 0.25) is 0 Å². The second-order valence-corrected chi connectivity index (χ2v) is 14.1. The van der Waals surface area contributed by atoms with Gasteiger partial charge in [0.2, 0.25) is 0 Å². The molecule has 0 bridgehead atoms. The van der Waals surface area contributed by atoms with Crippen molar-refractivity contribution < 1.29 is 52.4 Å². The molecule has 1 aliphatic rings. The smallest absolute Gasteiger partial charge is 0.339 e. The number of amides is 1. The Morgan fingerprint density at radius 1 is 0.923 bits per heavy atom. The lowest BCUT2D eigenvalue weighted by Crippen LogP contribution is -2.48. The maximum atomic E-state index is 13.9. The summed E-state index contributed by atoms with van der Waals surface area (Å²) in [5.41, 5.74) is -3.56. The first-order valence-corrected chi connectivity index (χ1v) is 14.6. The maximum absolute atomic E-state index is 13.9. The van der Waals surface area contributed by atoms with Crippen LogP contribution in [-0.2, 0) is 32.0 Å². The van der Waals surface area contributed by atoms with Crippen molar-refractivity contribution in [2.24, 2.45) is 5.92 Å². The Bertz CT molecular complexity index is 1490. The number of carbonyl (C=O) groups is 1. The van der Waals surface area contributed by atoms with E-state index in [1.54, 1.807) is 0 Å². The molecule has 0 atom stereocenters. The lowest BCUT2D eigenvalue weighted by atomic mass is 9.85. The summed E-state index contributed by atoms with van der Waals surface area (Å²) in [5.74, 6) is -3.04. The van der Waals surface area contributed by atoms with Gasteiger partial charge in [-0.15, -0.1) is 0 Å². The highest BCUT2D eigenvalue weighted by Crippen LogP contribution is 2.40. The fraction of sp³-hybridized carbons (Fsp3) is 0.478. The summed E-state index contributed by atoms with van der Waals surface area (Å²) in [6.45, 7) is 2.27. The average Bonchev–Trinajstić information content (AvgIpc) is 2.81.